The zero-order valence-corrected chi connectivity index (χ0v) is 20.2. The number of methoxy groups -OCH3 is 1. The first kappa shape index (κ1) is 26.1. The Kier molecular flexibility index (Phi) is 11.1. The number of carbonyl (C=O) groups excluding carboxylic acids is 2. The lowest BCUT2D eigenvalue weighted by molar-refractivity contribution is -0.198. The molecule has 1 unspecified atom stereocenters. The van der Waals surface area contributed by atoms with E-state index in [0.717, 1.165) is 71.2 Å². The zero-order chi connectivity index (χ0) is 23.5. The van der Waals surface area contributed by atoms with Crippen molar-refractivity contribution in [2.75, 3.05) is 40.0 Å². The standard InChI is InChI=1S/C25H41NO7/c1-19(27)32-21-18-22(33-24-12-7-8-16-31-24)25(26-13-9-15-30-17-14-26)20(21)10-5-3-4-6-11-23(28)29-2/h3,5,20-22,24-25H,4,6-18H2,1-2H3/t20-,21-,22+,24?,25+/m1/s1. The predicted octanol–water partition coefficient (Wildman–Crippen LogP) is 3.23. The van der Waals surface area contributed by atoms with E-state index in [4.69, 9.17) is 23.7 Å². The van der Waals surface area contributed by atoms with Gasteiger partial charge in [-0.1, -0.05) is 12.2 Å². The number of ether oxygens (including phenoxy) is 5. The molecule has 3 fully saturated rings. The first-order valence-electron chi connectivity index (χ1n) is 12.6. The molecule has 3 aliphatic rings. The largest absolute Gasteiger partial charge is 0.469 e. The van der Waals surface area contributed by atoms with Crippen LogP contribution >= 0.6 is 0 Å². The van der Waals surface area contributed by atoms with E-state index in [1.165, 1.54) is 14.0 Å². The van der Waals surface area contributed by atoms with Gasteiger partial charge in [0, 0.05) is 58.0 Å². The van der Waals surface area contributed by atoms with E-state index in [1.807, 2.05) is 0 Å². The van der Waals surface area contributed by atoms with Crippen molar-refractivity contribution in [3.05, 3.63) is 12.2 Å². The maximum Gasteiger partial charge on any atom is 0.305 e. The third-order valence-corrected chi connectivity index (χ3v) is 6.78. The van der Waals surface area contributed by atoms with Gasteiger partial charge in [-0.2, -0.15) is 0 Å². The topological polar surface area (TPSA) is 83.5 Å². The van der Waals surface area contributed by atoms with E-state index in [2.05, 4.69) is 17.1 Å². The van der Waals surface area contributed by atoms with E-state index in [0.29, 0.717) is 19.4 Å². The first-order chi connectivity index (χ1) is 16.1. The van der Waals surface area contributed by atoms with Gasteiger partial charge in [-0.3, -0.25) is 14.5 Å². The lowest BCUT2D eigenvalue weighted by Gasteiger charge is -2.37. The van der Waals surface area contributed by atoms with Crippen LogP contribution in [0, 0.1) is 5.92 Å². The lowest BCUT2D eigenvalue weighted by atomic mass is 9.94. The Labute approximate surface area is 197 Å². The molecule has 0 amide bonds. The summed E-state index contributed by atoms with van der Waals surface area (Å²) in [5, 5.41) is 0. The molecule has 33 heavy (non-hydrogen) atoms. The van der Waals surface area contributed by atoms with Crippen molar-refractivity contribution in [2.45, 2.75) is 89.3 Å². The van der Waals surface area contributed by atoms with Gasteiger partial charge in [0.2, 0.25) is 0 Å². The average Bonchev–Trinajstić information content (AvgIpc) is 2.96. The second kappa shape index (κ2) is 14.0. The van der Waals surface area contributed by atoms with Crippen molar-refractivity contribution in [1.82, 2.24) is 4.90 Å². The van der Waals surface area contributed by atoms with Gasteiger partial charge in [-0.05, 0) is 44.9 Å². The molecule has 2 saturated heterocycles. The van der Waals surface area contributed by atoms with Crippen LogP contribution in [-0.2, 0) is 33.3 Å². The highest BCUT2D eigenvalue weighted by molar-refractivity contribution is 5.69. The maximum absolute atomic E-state index is 11.9. The van der Waals surface area contributed by atoms with E-state index in [-0.39, 0.29) is 42.4 Å². The van der Waals surface area contributed by atoms with Crippen molar-refractivity contribution in [3.63, 3.8) is 0 Å². The van der Waals surface area contributed by atoms with E-state index < -0.39 is 0 Å². The molecule has 0 bridgehead atoms. The van der Waals surface area contributed by atoms with Crippen LogP contribution in [0.25, 0.3) is 0 Å². The molecule has 2 aliphatic heterocycles. The molecule has 8 nitrogen and oxygen atoms in total. The predicted molar refractivity (Wildman–Crippen MR) is 123 cm³/mol. The Morgan fingerprint density at radius 1 is 1.06 bits per heavy atom. The number of nitrogens with zero attached hydrogens (tertiary/aromatic N) is 1. The van der Waals surface area contributed by atoms with Crippen LogP contribution in [0.3, 0.4) is 0 Å². The summed E-state index contributed by atoms with van der Waals surface area (Å²) in [6.07, 6.45) is 11.4. The molecule has 1 saturated carbocycles. The third kappa shape index (κ3) is 8.35. The van der Waals surface area contributed by atoms with E-state index >= 15 is 0 Å². The molecular weight excluding hydrogens is 426 g/mol. The summed E-state index contributed by atoms with van der Waals surface area (Å²) in [4.78, 5) is 25.7. The lowest BCUT2D eigenvalue weighted by Crippen LogP contribution is -2.48. The first-order valence-corrected chi connectivity index (χ1v) is 12.6. The van der Waals surface area contributed by atoms with Gasteiger partial charge in [0.1, 0.15) is 6.10 Å². The molecule has 3 rings (SSSR count). The molecule has 0 radical (unpaired) electrons. The van der Waals surface area contributed by atoms with Crippen LogP contribution in [0.4, 0.5) is 0 Å². The number of hydrogen-bond acceptors (Lipinski definition) is 8. The van der Waals surface area contributed by atoms with Gasteiger partial charge in [0.15, 0.2) is 6.29 Å². The molecule has 0 spiro atoms. The van der Waals surface area contributed by atoms with Crippen LogP contribution in [0.15, 0.2) is 12.2 Å². The number of unbranched alkanes of at least 4 members (excludes halogenated alkanes) is 1. The molecule has 0 N–H and O–H groups in total. The quantitative estimate of drug-likeness (QED) is 0.275. The second-order valence-corrected chi connectivity index (χ2v) is 9.19. The number of hydrogen-bond donors (Lipinski definition) is 0. The minimum Gasteiger partial charge on any atom is -0.469 e. The molecule has 0 aromatic heterocycles. The van der Waals surface area contributed by atoms with Crippen LogP contribution in [0.2, 0.25) is 0 Å². The zero-order valence-electron chi connectivity index (χ0n) is 20.2. The van der Waals surface area contributed by atoms with Crippen molar-refractivity contribution in [1.29, 1.82) is 0 Å². The van der Waals surface area contributed by atoms with Crippen molar-refractivity contribution >= 4 is 11.9 Å². The van der Waals surface area contributed by atoms with Gasteiger partial charge < -0.3 is 23.7 Å². The van der Waals surface area contributed by atoms with Crippen LogP contribution in [0.5, 0.6) is 0 Å². The van der Waals surface area contributed by atoms with Crippen LogP contribution < -0.4 is 0 Å². The minimum atomic E-state index is -0.250. The number of carbonyl (C=O) groups is 2. The van der Waals surface area contributed by atoms with Gasteiger partial charge >= 0.3 is 11.9 Å². The summed E-state index contributed by atoms with van der Waals surface area (Å²) < 4.78 is 28.6. The van der Waals surface area contributed by atoms with Gasteiger partial charge in [-0.25, -0.2) is 0 Å². The van der Waals surface area contributed by atoms with Crippen molar-refractivity contribution < 1.29 is 33.3 Å². The van der Waals surface area contributed by atoms with Crippen LogP contribution in [-0.4, -0.2) is 81.4 Å². The highest BCUT2D eigenvalue weighted by Crippen LogP contribution is 2.39. The van der Waals surface area contributed by atoms with Gasteiger partial charge in [-0.15, -0.1) is 0 Å². The summed E-state index contributed by atoms with van der Waals surface area (Å²) >= 11 is 0. The summed E-state index contributed by atoms with van der Waals surface area (Å²) in [5.41, 5.74) is 0. The Morgan fingerprint density at radius 3 is 2.70 bits per heavy atom. The molecule has 188 valence electrons. The molecule has 0 aromatic carbocycles. The van der Waals surface area contributed by atoms with Gasteiger partial charge in [0.25, 0.3) is 0 Å². The second-order valence-electron chi connectivity index (χ2n) is 9.19. The molecule has 8 heteroatoms. The fraction of sp³-hybridized carbons (Fsp3) is 0.840. The molecule has 1 aliphatic carbocycles. The van der Waals surface area contributed by atoms with Crippen molar-refractivity contribution in [3.8, 4) is 0 Å². The summed E-state index contributed by atoms with van der Waals surface area (Å²) in [6, 6.07) is 0.140. The smallest absolute Gasteiger partial charge is 0.305 e. The maximum atomic E-state index is 11.9. The molecule has 5 atom stereocenters. The highest BCUT2D eigenvalue weighted by Gasteiger charge is 2.48. The third-order valence-electron chi connectivity index (χ3n) is 6.78. The minimum absolute atomic E-state index is 0.0479. The number of allylic oxidation sites excluding steroid dienone is 2. The molecular formula is C25H41NO7. The SMILES string of the molecule is COC(=O)CCCC=CC[C@H]1[C@H](N2CCCOCC2)[C@@H](OC2CCCCO2)C[C@H]1OC(C)=O. The summed E-state index contributed by atoms with van der Waals surface area (Å²) in [5.74, 6) is -0.292. The molecule has 2 heterocycles. The average molecular weight is 468 g/mol. The Bertz CT molecular complexity index is 626. The van der Waals surface area contributed by atoms with E-state index in [9.17, 15) is 9.59 Å². The fourth-order valence-electron chi connectivity index (χ4n) is 5.24. The normalized spacial score (nSPS) is 31.4. The summed E-state index contributed by atoms with van der Waals surface area (Å²) in [6.45, 7) is 5.50. The summed E-state index contributed by atoms with van der Waals surface area (Å²) in [7, 11) is 1.41. The highest BCUT2D eigenvalue weighted by atomic mass is 16.7. The Morgan fingerprint density at radius 2 is 1.94 bits per heavy atom. The van der Waals surface area contributed by atoms with Crippen molar-refractivity contribution in [2.24, 2.45) is 5.92 Å². The monoisotopic (exact) mass is 467 g/mol. The number of rotatable bonds is 10. The Balaban J connectivity index is 1.69. The number of esters is 2. The van der Waals surface area contributed by atoms with E-state index in [1.54, 1.807) is 0 Å². The van der Waals surface area contributed by atoms with Crippen LogP contribution in [0.1, 0.15) is 64.7 Å². The fourth-order valence-corrected chi connectivity index (χ4v) is 5.24. The molecule has 0 aromatic rings. The Hall–Kier alpha value is -1.48. The van der Waals surface area contributed by atoms with Gasteiger partial charge in [0.05, 0.1) is 19.8 Å².